The van der Waals surface area contributed by atoms with E-state index in [-0.39, 0.29) is 34.3 Å². The summed E-state index contributed by atoms with van der Waals surface area (Å²) in [5.74, 6) is -1.64. The first-order chi connectivity index (χ1) is 11.4. The lowest BCUT2D eigenvalue weighted by Crippen LogP contribution is -2.04. The summed E-state index contributed by atoms with van der Waals surface area (Å²) in [4.78, 5) is 21.9. The maximum Gasteiger partial charge on any atom is 0.335 e. The number of benzene rings is 2. The second-order valence-electron chi connectivity index (χ2n) is 4.81. The number of carboxylic acids is 2. The van der Waals surface area contributed by atoms with Gasteiger partial charge in [-0.15, -0.1) is 0 Å². The predicted molar refractivity (Wildman–Crippen MR) is 87.3 cm³/mol. The Morgan fingerprint density at radius 3 is 2.17 bits per heavy atom. The van der Waals surface area contributed by atoms with E-state index < -0.39 is 11.9 Å². The molecule has 2 aromatic carbocycles. The highest BCUT2D eigenvalue weighted by Gasteiger charge is 2.16. The van der Waals surface area contributed by atoms with E-state index in [2.05, 4.69) is 0 Å². The summed E-state index contributed by atoms with van der Waals surface area (Å²) in [6.45, 7) is 2.21. The highest BCUT2D eigenvalue weighted by molar-refractivity contribution is 6.32. The normalized spacial score (nSPS) is 10.2. The molecule has 24 heavy (non-hydrogen) atoms. The van der Waals surface area contributed by atoms with Crippen molar-refractivity contribution in [2.24, 2.45) is 0 Å². The molecule has 0 heterocycles. The van der Waals surface area contributed by atoms with E-state index in [0.717, 1.165) is 5.56 Å². The minimum Gasteiger partial charge on any atom is -0.490 e. The van der Waals surface area contributed by atoms with Gasteiger partial charge in [0.25, 0.3) is 0 Å². The van der Waals surface area contributed by atoms with E-state index in [1.165, 1.54) is 24.3 Å². The molecule has 0 unspecified atom stereocenters. The SMILES string of the molecule is CCOc1cc(C(=O)O)cc(Cl)c1OCc1ccc(C(=O)O)cc1. The molecule has 0 atom stereocenters. The third-order valence-corrected chi connectivity index (χ3v) is 3.42. The van der Waals surface area contributed by atoms with Crippen LogP contribution in [-0.4, -0.2) is 28.8 Å². The first kappa shape index (κ1) is 17.6. The second-order valence-corrected chi connectivity index (χ2v) is 5.22. The van der Waals surface area contributed by atoms with Crippen molar-refractivity contribution in [3.63, 3.8) is 0 Å². The molecule has 0 aliphatic heterocycles. The smallest absolute Gasteiger partial charge is 0.335 e. The van der Waals surface area contributed by atoms with Crippen LogP contribution >= 0.6 is 11.6 Å². The maximum atomic E-state index is 11.1. The van der Waals surface area contributed by atoms with Gasteiger partial charge in [-0.25, -0.2) is 9.59 Å². The molecule has 0 aromatic heterocycles. The van der Waals surface area contributed by atoms with Crippen molar-refractivity contribution in [3.05, 3.63) is 58.1 Å². The van der Waals surface area contributed by atoms with Crippen molar-refractivity contribution in [1.82, 2.24) is 0 Å². The van der Waals surface area contributed by atoms with E-state index in [4.69, 9.17) is 31.3 Å². The number of halogens is 1. The molecule has 0 saturated carbocycles. The molecule has 6 nitrogen and oxygen atoms in total. The van der Waals surface area contributed by atoms with Crippen LogP contribution in [0.3, 0.4) is 0 Å². The number of rotatable bonds is 7. The Hall–Kier alpha value is -2.73. The first-order valence-electron chi connectivity index (χ1n) is 7.07. The average molecular weight is 351 g/mol. The van der Waals surface area contributed by atoms with Crippen LogP contribution in [0.15, 0.2) is 36.4 Å². The predicted octanol–water partition coefficient (Wildman–Crippen LogP) is 3.71. The number of hydrogen-bond acceptors (Lipinski definition) is 4. The van der Waals surface area contributed by atoms with Crippen molar-refractivity contribution >= 4 is 23.5 Å². The van der Waals surface area contributed by atoms with Crippen LogP contribution < -0.4 is 9.47 Å². The fourth-order valence-electron chi connectivity index (χ4n) is 1.99. The van der Waals surface area contributed by atoms with Gasteiger partial charge in [-0.2, -0.15) is 0 Å². The summed E-state index contributed by atoms with van der Waals surface area (Å²) in [6, 6.07) is 8.84. The molecule has 126 valence electrons. The first-order valence-corrected chi connectivity index (χ1v) is 7.44. The van der Waals surface area contributed by atoms with Crippen LogP contribution in [0, 0.1) is 0 Å². The topological polar surface area (TPSA) is 93.1 Å². The minimum absolute atomic E-state index is 0.00149. The number of ether oxygens (including phenoxy) is 2. The zero-order valence-corrected chi connectivity index (χ0v) is 13.5. The van der Waals surface area contributed by atoms with E-state index in [0.29, 0.717) is 6.61 Å². The van der Waals surface area contributed by atoms with Crippen LogP contribution in [0.4, 0.5) is 0 Å². The van der Waals surface area contributed by atoms with E-state index >= 15 is 0 Å². The largest absolute Gasteiger partial charge is 0.490 e. The van der Waals surface area contributed by atoms with E-state index in [1.54, 1.807) is 19.1 Å². The molecule has 2 rings (SSSR count). The van der Waals surface area contributed by atoms with Gasteiger partial charge in [0.1, 0.15) is 6.61 Å². The van der Waals surface area contributed by atoms with Crippen molar-refractivity contribution in [3.8, 4) is 11.5 Å². The third-order valence-electron chi connectivity index (χ3n) is 3.14. The Labute approximate surface area is 143 Å². The Kier molecular flexibility index (Phi) is 5.65. The molecule has 0 amide bonds. The third kappa shape index (κ3) is 4.17. The maximum absolute atomic E-state index is 11.1. The van der Waals surface area contributed by atoms with Crippen LogP contribution in [0.5, 0.6) is 11.5 Å². The van der Waals surface area contributed by atoms with Crippen molar-refractivity contribution in [1.29, 1.82) is 0 Å². The molecule has 2 N–H and O–H groups in total. The number of carboxylic acid groups (broad SMARTS) is 2. The lowest BCUT2D eigenvalue weighted by Gasteiger charge is -2.14. The lowest BCUT2D eigenvalue weighted by molar-refractivity contribution is 0.0685. The van der Waals surface area contributed by atoms with Crippen molar-refractivity contribution < 1.29 is 29.3 Å². The summed E-state index contributed by atoms with van der Waals surface area (Å²) in [5, 5.41) is 18.1. The summed E-state index contributed by atoms with van der Waals surface area (Å²) in [7, 11) is 0. The van der Waals surface area contributed by atoms with Gasteiger partial charge in [-0.05, 0) is 36.8 Å². The van der Waals surface area contributed by atoms with Crippen LogP contribution in [0.2, 0.25) is 5.02 Å². The molecule has 0 radical (unpaired) electrons. The van der Waals surface area contributed by atoms with Gasteiger partial charge < -0.3 is 19.7 Å². The van der Waals surface area contributed by atoms with Crippen LogP contribution in [0.25, 0.3) is 0 Å². The summed E-state index contributed by atoms with van der Waals surface area (Å²) >= 11 is 6.10. The minimum atomic E-state index is -1.12. The van der Waals surface area contributed by atoms with Crippen LogP contribution in [0.1, 0.15) is 33.2 Å². The van der Waals surface area contributed by atoms with Gasteiger partial charge in [-0.3, -0.25) is 0 Å². The van der Waals surface area contributed by atoms with Crippen molar-refractivity contribution in [2.45, 2.75) is 13.5 Å². The number of carbonyl (C=O) groups is 2. The Balaban J connectivity index is 2.21. The quantitative estimate of drug-likeness (QED) is 0.790. The molecule has 0 saturated heterocycles. The van der Waals surface area contributed by atoms with Gasteiger partial charge in [0, 0.05) is 0 Å². The second kappa shape index (κ2) is 7.70. The molecule has 0 bridgehead atoms. The summed E-state index contributed by atoms with van der Waals surface area (Å²) in [6.07, 6.45) is 0. The van der Waals surface area contributed by atoms with Crippen LogP contribution in [-0.2, 0) is 6.61 Å². The lowest BCUT2D eigenvalue weighted by atomic mass is 10.1. The standard InChI is InChI=1S/C17H15ClO6/c1-2-23-14-8-12(17(21)22)7-13(18)15(14)24-9-10-3-5-11(6-4-10)16(19)20/h3-8H,2,9H2,1H3,(H,19,20)(H,21,22). The molecule has 0 fully saturated rings. The highest BCUT2D eigenvalue weighted by atomic mass is 35.5. The van der Waals surface area contributed by atoms with Gasteiger partial charge in [0.05, 0.1) is 22.8 Å². The molecule has 0 spiro atoms. The van der Waals surface area contributed by atoms with Gasteiger partial charge in [0.15, 0.2) is 11.5 Å². The zero-order chi connectivity index (χ0) is 17.7. The molecule has 0 aliphatic carbocycles. The van der Waals surface area contributed by atoms with Crippen molar-refractivity contribution in [2.75, 3.05) is 6.61 Å². The Bertz CT molecular complexity index is 754. The summed E-state index contributed by atoms with van der Waals surface area (Å²) in [5.41, 5.74) is 0.917. The number of aromatic carboxylic acids is 2. The Morgan fingerprint density at radius 1 is 1.00 bits per heavy atom. The molecule has 7 heteroatoms. The highest BCUT2D eigenvalue weighted by Crippen LogP contribution is 2.37. The van der Waals surface area contributed by atoms with E-state index in [9.17, 15) is 9.59 Å². The van der Waals surface area contributed by atoms with Gasteiger partial charge >= 0.3 is 11.9 Å². The summed E-state index contributed by atoms with van der Waals surface area (Å²) < 4.78 is 11.0. The fraction of sp³-hybridized carbons (Fsp3) is 0.176. The molecular weight excluding hydrogens is 336 g/mol. The molecular formula is C17H15ClO6. The van der Waals surface area contributed by atoms with E-state index in [1.807, 2.05) is 0 Å². The van der Waals surface area contributed by atoms with Gasteiger partial charge in [0.2, 0.25) is 0 Å². The average Bonchev–Trinajstić information content (AvgIpc) is 2.54. The molecule has 0 aliphatic rings. The molecule has 2 aromatic rings. The number of hydrogen-bond donors (Lipinski definition) is 2. The monoisotopic (exact) mass is 350 g/mol. The zero-order valence-electron chi connectivity index (χ0n) is 12.8. The fourth-order valence-corrected chi connectivity index (χ4v) is 2.26. The Morgan fingerprint density at radius 2 is 1.62 bits per heavy atom. The van der Waals surface area contributed by atoms with Gasteiger partial charge in [-0.1, -0.05) is 23.7 Å².